The van der Waals surface area contributed by atoms with Crippen LogP contribution < -0.4 is 5.32 Å². The smallest absolute Gasteiger partial charge is 0.193 e. The van der Waals surface area contributed by atoms with Gasteiger partial charge in [0.25, 0.3) is 0 Å². The average molecular weight is 291 g/mol. The van der Waals surface area contributed by atoms with Crippen molar-refractivity contribution in [1.82, 2.24) is 14.7 Å². The molecule has 2 unspecified atom stereocenters. The van der Waals surface area contributed by atoms with Crippen LogP contribution in [0, 0.1) is 11.3 Å². The van der Waals surface area contributed by atoms with Crippen molar-refractivity contribution < 1.29 is 0 Å². The van der Waals surface area contributed by atoms with E-state index in [1.807, 2.05) is 0 Å². The fourth-order valence-corrected chi connectivity index (χ4v) is 4.53. The molecule has 0 aliphatic heterocycles. The highest BCUT2D eigenvalue weighted by molar-refractivity contribution is 7.15. The minimum atomic E-state index is 0.447. The zero-order valence-corrected chi connectivity index (χ0v) is 13.5. The molecule has 0 bridgehead atoms. The second kappa shape index (κ2) is 5.49. The van der Waals surface area contributed by atoms with Gasteiger partial charge in [-0.2, -0.15) is 0 Å². The normalized spacial score (nSPS) is 24.1. The summed E-state index contributed by atoms with van der Waals surface area (Å²) < 4.78 is 2.14. The van der Waals surface area contributed by atoms with Crippen molar-refractivity contribution in [3.63, 3.8) is 0 Å². The number of likely N-dealkylation sites (N-methyl/N-ethyl adjacent to an activating group) is 1. The van der Waals surface area contributed by atoms with Gasteiger partial charge in [0.2, 0.25) is 0 Å². The monoisotopic (exact) mass is 291 g/mol. The highest BCUT2D eigenvalue weighted by Crippen LogP contribution is 2.42. The number of thiazole rings is 1. The first kappa shape index (κ1) is 14.1. The molecule has 110 valence electrons. The lowest BCUT2D eigenvalue weighted by Crippen LogP contribution is -2.44. The first-order chi connectivity index (χ1) is 9.60. The molecule has 1 N–H and O–H groups in total. The van der Waals surface area contributed by atoms with Gasteiger partial charge in [-0.1, -0.05) is 26.7 Å². The minimum Gasteiger partial charge on any atom is -0.316 e. The fraction of sp³-hybridized carbons (Fsp3) is 0.688. The second-order valence-electron chi connectivity index (χ2n) is 6.77. The van der Waals surface area contributed by atoms with Crippen molar-refractivity contribution >= 4 is 16.3 Å². The van der Waals surface area contributed by atoms with Crippen molar-refractivity contribution in [2.24, 2.45) is 11.3 Å². The fourth-order valence-electron chi connectivity index (χ4n) is 3.81. The SMILES string of the molecule is CNC(Cc1cn2ccsc2n1)C1CCCCC1(C)C. The third kappa shape index (κ3) is 2.63. The number of hydrogen-bond acceptors (Lipinski definition) is 3. The van der Waals surface area contributed by atoms with Crippen LogP contribution in [0.5, 0.6) is 0 Å². The number of hydrogen-bond donors (Lipinski definition) is 1. The van der Waals surface area contributed by atoms with Crippen LogP contribution in [0.15, 0.2) is 17.8 Å². The highest BCUT2D eigenvalue weighted by atomic mass is 32.1. The molecule has 1 aliphatic rings. The van der Waals surface area contributed by atoms with Crippen molar-refractivity contribution in [2.45, 2.75) is 52.0 Å². The van der Waals surface area contributed by atoms with Crippen molar-refractivity contribution in [3.05, 3.63) is 23.5 Å². The van der Waals surface area contributed by atoms with E-state index in [9.17, 15) is 0 Å². The highest BCUT2D eigenvalue weighted by Gasteiger charge is 2.37. The summed E-state index contributed by atoms with van der Waals surface area (Å²) in [5, 5.41) is 5.66. The van der Waals surface area contributed by atoms with Gasteiger partial charge in [-0.15, -0.1) is 11.3 Å². The Bertz CT molecular complexity index is 541. The quantitative estimate of drug-likeness (QED) is 0.929. The van der Waals surface area contributed by atoms with Gasteiger partial charge in [0, 0.05) is 30.2 Å². The maximum absolute atomic E-state index is 4.74. The van der Waals surface area contributed by atoms with Gasteiger partial charge >= 0.3 is 0 Å². The molecular formula is C16H25N3S. The number of nitrogens with zero attached hydrogens (tertiary/aromatic N) is 2. The third-order valence-electron chi connectivity index (χ3n) is 5.02. The van der Waals surface area contributed by atoms with Gasteiger partial charge in [-0.3, -0.25) is 4.40 Å². The maximum atomic E-state index is 4.74. The Morgan fingerprint density at radius 1 is 1.50 bits per heavy atom. The van der Waals surface area contributed by atoms with Gasteiger partial charge in [0.15, 0.2) is 4.96 Å². The summed E-state index contributed by atoms with van der Waals surface area (Å²) in [5.41, 5.74) is 1.67. The van der Waals surface area contributed by atoms with Gasteiger partial charge in [0.1, 0.15) is 0 Å². The lowest BCUT2D eigenvalue weighted by Gasteiger charge is -2.43. The van der Waals surface area contributed by atoms with E-state index in [0.717, 1.165) is 17.3 Å². The zero-order chi connectivity index (χ0) is 14.2. The van der Waals surface area contributed by atoms with E-state index in [0.29, 0.717) is 11.5 Å². The standard InChI is InChI=1S/C16H25N3S/c1-16(2)7-5-4-6-13(16)14(17-3)10-12-11-19-8-9-20-15(19)18-12/h8-9,11,13-14,17H,4-7,10H2,1-3H3. The molecular weight excluding hydrogens is 266 g/mol. The largest absolute Gasteiger partial charge is 0.316 e. The summed E-state index contributed by atoms with van der Waals surface area (Å²) in [6, 6.07) is 0.537. The molecule has 0 amide bonds. The van der Waals surface area contributed by atoms with Crippen LogP contribution in [-0.4, -0.2) is 22.5 Å². The molecule has 20 heavy (non-hydrogen) atoms. The molecule has 2 aromatic heterocycles. The molecule has 2 aromatic rings. The maximum Gasteiger partial charge on any atom is 0.193 e. The van der Waals surface area contributed by atoms with Gasteiger partial charge in [0.05, 0.1) is 5.69 Å². The molecule has 4 heteroatoms. The number of nitrogens with one attached hydrogen (secondary N) is 1. The van der Waals surface area contributed by atoms with Crippen LogP contribution in [0.3, 0.4) is 0 Å². The summed E-state index contributed by atoms with van der Waals surface area (Å²) in [6.07, 6.45) is 10.8. The molecule has 3 nitrogen and oxygen atoms in total. The Morgan fingerprint density at radius 3 is 3.05 bits per heavy atom. The minimum absolute atomic E-state index is 0.447. The second-order valence-corrected chi connectivity index (χ2v) is 7.64. The summed E-state index contributed by atoms with van der Waals surface area (Å²) in [4.78, 5) is 5.85. The molecule has 1 fully saturated rings. The van der Waals surface area contributed by atoms with E-state index in [1.165, 1.54) is 31.4 Å². The van der Waals surface area contributed by atoms with Crippen molar-refractivity contribution in [3.8, 4) is 0 Å². The van der Waals surface area contributed by atoms with Crippen LogP contribution in [0.2, 0.25) is 0 Å². The van der Waals surface area contributed by atoms with Crippen molar-refractivity contribution in [2.75, 3.05) is 7.05 Å². The molecule has 0 spiro atoms. The molecule has 0 radical (unpaired) electrons. The van der Waals surface area contributed by atoms with Gasteiger partial charge in [-0.05, 0) is 31.2 Å². The summed E-state index contributed by atoms with van der Waals surface area (Å²) in [5.74, 6) is 0.751. The molecule has 2 atom stereocenters. The first-order valence-corrected chi connectivity index (χ1v) is 8.56. The Hall–Kier alpha value is -0.870. The summed E-state index contributed by atoms with van der Waals surface area (Å²) in [6.45, 7) is 4.87. The number of imidazole rings is 1. The third-order valence-corrected chi connectivity index (χ3v) is 5.79. The van der Waals surface area contributed by atoms with E-state index in [2.05, 4.69) is 48.4 Å². The van der Waals surface area contributed by atoms with E-state index in [4.69, 9.17) is 4.98 Å². The Kier molecular flexibility index (Phi) is 3.87. The molecule has 1 aliphatic carbocycles. The lowest BCUT2D eigenvalue weighted by molar-refractivity contribution is 0.101. The van der Waals surface area contributed by atoms with Gasteiger partial charge in [-0.25, -0.2) is 4.98 Å². The number of rotatable bonds is 4. The Labute approximate surface area is 125 Å². The van der Waals surface area contributed by atoms with Crippen LogP contribution in [0.1, 0.15) is 45.2 Å². The summed E-state index contributed by atoms with van der Waals surface area (Å²) >= 11 is 1.71. The van der Waals surface area contributed by atoms with Crippen LogP contribution in [0.4, 0.5) is 0 Å². The first-order valence-electron chi connectivity index (χ1n) is 7.68. The van der Waals surface area contributed by atoms with Crippen LogP contribution in [-0.2, 0) is 6.42 Å². The van der Waals surface area contributed by atoms with E-state index in [1.54, 1.807) is 11.3 Å². The van der Waals surface area contributed by atoms with E-state index in [-0.39, 0.29) is 0 Å². The Morgan fingerprint density at radius 2 is 2.35 bits per heavy atom. The zero-order valence-electron chi connectivity index (χ0n) is 12.7. The molecule has 3 rings (SSSR count). The van der Waals surface area contributed by atoms with E-state index < -0.39 is 0 Å². The van der Waals surface area contributed by atoms with Crippen LogP contribution >= 0.6 is 11.3 Å². The topological polar surface area (TPSA) is 29.3 Å². The summed E-state index contributed by atoms with van der Waals surface area (Å²) in [7, 11) is 2.10. The molecule has 0 saturated heterocycles. The average Bonchev–Trinajstić information content (AvgIpc) is 2.96. The molecule has 1 saturated carbocycles. The molecule has 2 heterocycles. The lowest BCUT2D eigenvalue weighted by atomic mass is 9.65. The van der Waals surface area contributed by atoms with Crippen LogP contribution in [0.25, 0.3) is 4.96 Å². The Balaban J connectivity index is 1.77. The van der Waals surface area contributed by atoms with Crippen molar-refractivity contribution in [1.29, 1.82) is 0 Å². The van der Waals surface area contributed by atoms with Gasteiger partial charge < -0.3 is 5.32 Å². The van der Waals surface area contributed by atoms with E-state index >= 15 is 0 Å². The predicted molar refractivity (Wildman–Crippen MR) is 85.4 cm³/mol. The number of aromatic nitrogens is 2. The molecule has 0 aromatic carbocycles. The number of fused-ring (bicyclic) bond motifs is 1. The predicted octanol–water partition coefficient (Wildman–Crippen LogP) is 3.74.